The van der Waals surface area contributed by atoms with Crippen LogP contribution in [0.1, 0.15) is 39.2 Å². The molecule has 0 amide bonds. The minimum Gasteiger partial charge on any atom is -0.469 e. The van der Waals surface area contributed by atoms with Crippen LogP contribution in [0.3, 0.4) is 0 Å². The first-order valence-corrected chi connectivity index (χ1v) is 9.34. The number of Topliss-reactive ketones (excluding diaryl/α,β-unsaturated/α-hetero) is 1. The van der Waals surface area contributed by atoms with Gasteiger partial charge in [-0.2, -0.15) is 5.10 Å². The van der Waals surface area contributed by atoms with Crippen LogP contribution in [-0.4, -0.2) is 34.0 Å². The molecule has 144 valence electrons. The second-order valence-corrected chi connectivity index (χ2v) is 7.19. The Hall–Kier alpha value is -3.74. The SMILES string of the molecule is O=C(c1ccccc1)[C@H]1[C@H](c2ccco2)[C@@H]([N+](=O)[O-])[C@@H]2c3ccccc3C=NN12. The van der Waals surface area contributed by atoms with Crippen molar-refractivity contribution in [2.24, 2.45) is 5.10 Å². The third-order valence-corrected chi connectivity index (χ3v) is 5.69. The third-order valence-electron chi connectivity index (χ3n) is 5.69. The molecule has 0 radical (unpaired) electrons. The van der Waals surface area contributed by atoms with Crippen LogP contribution in [0.15, 0.2) is 82.5 Å². The van der Waals surface area contributed by atoms with Crippen LogP contribution in [0.4, 0.5) is 0 Å². The van der Waals surface area contributed by atoms with E-state index in [-0.39, 0.29) is 10.7 Å². The summed E-state index contributed by atoms with van der Waals surface area (Å²) in [7, 11) is 0. The molecule has 3 aromatic rings. The molecule has 0 aliphatic carbocycles. The van der Waals surface area contributed by atoms with Crippen molar-refractivity contribution in [3.63, 3.8) is 0 Å². The van der Waals surface area contributed by atoms with Crippen LogP contribution in [0.5, 0.6) is 0 Å². The molecule has 7 heteroatoms. The average Bonchev–Trinajstić information content (AvgIpc) is 3.39. The second-order valence-electron chi connectivity index (χ2n) is 7.19. The fourth-order valence-corrected chi connectivity index (χ4v) is 4.48. The van der Waals surface area contributed by atoms with E-state index in [0.717, 1.165) is 11.1 Å². The lowest BCUT2D eigenvalue weighted by molar-refractivity contribution is -0.529. The topological polar surface area (TPSA) is 88.9 Å². The van der Waals surface area contributed by atoms with E-state index in [1.54, 1.807) is 47.6 Å². The lowest BCUT2D eigenvalue weighted by Crippen LogP contribution is -2.38. The molecular weight excluding hydrogens is 370 g/mol. The number of nitro groups is 1. The lowest BCUT2D eigenvalue weighted by atomic mass is 9.85. The third kappa shape index (κ3) is 2.66. The highest BCUT2D eigenvalue weighted by Gasteiger charge is 2.61. The van der Waals surface area contributed by atoms with E-state index in [2.05, 4.69) is 5.10 Å². The Balaban J connectivity index is 1.70. The highest BCUT2D eigenvalue weighted by molar-refractivity contribution is 6.01. The van der Waals surface area contributed by atoms with E-state index in [1.807, 2.05) is 30.3 Å². The van der Waals surface area contributed by atoms with Crippen LogP contribution < -0.4 is 0 Å². The number of rotatable bonds is 4. The summed E-state index contributed by atoms with van der Waals surface area (Å²) < 4.78 is 5.57. The number of furan rings is 1. The van der Waals surface area contributed by atoms with Gasteiger partial charge in [0.05, 0.1) is 12.5 Å². The van der Waals surface area contributed by atoms with E-state index < -0.39 is 24.0 Å². The van der Waals surface area contributed by atoms with Crippen molar-refractivity contribution in [3.8, 4) is 0 Å². The summed E-state index contributed by atoms with van der Waals surface area (Å²) in [5.74, 6) is -0.554. The lowest BCUT2D eigenvalue weighted by Gasteiger charge is -2.30. The van der Waals surface area contributed by atoms with E-state index in [0.29, 0.717) is 11.3 Å². The van der Waals surface area contributed by atoms with Gasteiger partial charge in [0.1, 0.15) is 23.8 Å². The minimum absolute atomic E-state index is 0.210. The van der Waals surface area contributed by atoms with Crippen LogP contribution in [0.25, 0.3) is 0 Å². The normalized spacial score (nSPS) is 24.8. The number of hydrogen-bond donors (Lipinski definition) is 0. The molecule has 2 aliphatic heterocycles. The number of benzene rings is 2. The summed E-state index contributed by atoms with van der Waals surface area (Å²) in [5.41, 5.74) is 2.11. The van der Waals surface area contributed by atoms with Crippen LogP contribution in [0.2, 0.25) is 0 Å². The molecule has 0 bridgehead atoms. The van der Waals surface area contributed by atoms with E-state index in [1.165, 1.54) is 6.26 Å². The standard InChI is InChI=1S/C22H17N3O4/c26-22(14-7-2-1-3-8-14)21-18(17-11-6-12-29-17)20(25(27)28)19-16-10-5-4-9-15(16)13-23-24(19)21/h1-13,18-21H/t18-,19+,20-,21-/m1/s1. The van der Waals surface area contributed by atoms with Gasteiger partial charge in [0.25, 0.3) is 6.04 Å². The number of hydrazone groups is 1. The maximum Gasteiger partial charge on any atom is 0.251 e. The van der Waals surface area contributed by atoms with Crippen LogP contribution in [-0.2, 0) is 0 Å². The number of fused-ring (bicyclic) bond motifs is 3. The molecular formula is C22H17N3O4. The summed E-state index contributed by atoms with van der Waals surface area (Å²) >= 11 is 0. The summed E-state index contributed by atoms with van der Waals surface area (Å²) in [6.07, 6.45) is 3.14. The van der Waals surface area contributed by atoms with Gasteiger partial charge in [-0.3, -0.25) is 19.9 Å². The molecule has 1 aromatic heterocycles. The zero-order valence-electron chi connectivity index (χ0n) is 15.3. The van der Waals surface area contributed by atoms with Crippen molar-refractivity contribution in [2.45, 2.75) is 24.0 Å². The van der Waals surface area contributed by atoms with Crippen LogP contribution >= 0.6 is 0 Å². The van der Waals surface area contributed by atoms with Crippen molar-refractivity contribution in [1.82, 2.24) is 5.01 Å². The van der Waals surface area contributed by atoms with Gasteiger partial charge in [0.15, 0.2) is 5.78 Å². The highest BCUT2D eigenvalue weighted by Crippen LogP contribution is 2.49. The number of carbonyl (C=O) groups excluding carboxylic acids is 1. The van der Waals surface area contributed by atoms with Gasteiger partial charge in [-0.05, 0) is 17.7 Å². The predicted molar refractivity (Wildman–Crippen MR) is 105 cm³/mol. The fraction of sp³-hybridized carbons (Fsp3) is 0.182. The molecule has 5 rings (SSSR count). The summed E-state index contributed by atoms with van der Waals surface area (Å²) in [6, 6.07) is 17.1. The van der Waals surface area contributed by atoms with Gasteiger partial charge in [0, 0.05) is 16.1 Å². The number of ketones is 1. The van der Waals surface area contributed by atoms with Crippen LogP contribution in [0, 0.1) is 10.1 Å². The van der Waals surface area contributed by atoms with Gasteiger partial charge >= 0.3 is 0 Å². The highest BCUT2D eigenvalue weighted by atomic mass is 16.6. The monoisotopic (exact) mass is 387 g/mol. The van der Waals surface area contributed by atoms with Crippen molar-refractivity contribution in [1.29, 1.82) is 0 Å². The number of nitrogens with zero attached hydrogens (tertiary/aromatic N) is 3. The zero-order chi connectivity index (χ0) is 20.0. The Bertz CT molecular complexity index is 1090. The van der Waals surface area contributed by atoms with Gasteiger partial charge in [-0.15, -0.1) is 0 Å². The number of carbonyl (C=O) groups is 1. The van der Waals surface area contributed by atoms with Gasteiger partial charge in [-0.1, -0.05) is 54.6 Å². The van der Waals surface area contributed by atoms with E-state index in [9.17, 15) is 14.9 Å². The van der Waals surface area contributed by atoms with Crippen molar-refractivity contribution in [2.75, 3.05) is 0 Å². The zero-order valence-corrected chi connectivity index (χ0v) is 15.3. The summed E-state index contributed by atoms with van der Waals surface area (Å²) in [6.45, 7) is 0. The maximum absolute atomic E-state index is 13.5. The van der Waals surface area contributed by atoms with Gasteiger partial charge < -0.3 is 4.42 Å². The first-order valence-electron chi connectivity index (χ1n) is 9.34. The van der Waals surface area contributed by atoms with Crippen molar-refractivity contribution >= 4 is 12.0 Å². The Labute approximate surface area is 166 Å². The molecule has 7 nitrogen and oxygen atoms in total. The van der Waals surface area contributed by atoms with Gasteiger partial charge in [0.2, 0.25) is 0 Å². The van der Waals surface area contributed by atoms with E-state index >= 15 is 0 Å². The predicted octanol–water partition coefficient (Wildman–Crippen LogP) is 3.66. The minimum atomic E-state index is -1.07. The second kappa shape index (κ2) is 6.70. The Morgan fingerprint density at radius 2 is 1.79 bits per heavy atom. The Kier molecular flexibility index (Phi) is 4.01. The average molecular weight is 387 g/mol. The fourth-order valence-electron chi connectivity index (χ4n) is 4.48. The first-order chi connectivity index (χ1) is 14.2. The van der Waals surface area contributed by atoms with Crippen molar-refractivity contribution in [3.05, 3.63) is 106 Å². The first kappa shape index (κ1) is 17.4. The molecule has 0 saturated carbocycles. The molecule has 3 heterocycles. The molecule has 29 heavy (non-hydrogen) atoms. The van der Waals surface area contributed by atoms with Gasteiger partial charge in [-0.25, -0.2) is 0 Å². The summed E-state index contributed by atoms with van der Waals surface area (Å²) in [4.78, 5) is 25.5. The molecule has 1 fully saturated rings. The molecule has 2 aliphatic rings. The Morgan fingerprint density at radius 1 is 1.03 bits per heavy atom. The molecule has 0 N–H and O–H groups in total. The number of hydrogen-bond acceptors (Lipinski definition) is 6. The summed E-state index contributed by atoms with van der Waals surface area (Å²) in [5, 5.41) is 18.3. The molecule has 0 unspecified atom stereocenters. The smallest absolute Gasteiger partial charge is 0.251 e. The molecule has 2 aromatic carbocycles. The maximum atomic E-state index is 13.5. The molecule has 4 atom stereocenters. The largest absolute Gasteiger partial charge is 0.469 e. The molecule has 0 spiro atoms. The van der Waals surface area contributed by atoms with Crippen molar-refractivity contribution < 1.29 is 14.1 Å². The van der Waals surface area contributed by atoms with E-state index in [4.69, 9.17) is 4.42 Å². The Morgan fingerprint density at radius 3 is 2.52 bits per heavy atom. The quantitative estimate of drug-likeness (QED) is 0.387. The molecule has 1 saturated heterocycles.